The predicted molar refractivity (Wildman–Crippen MR) is 135 cm³/mol. The van der Waals surface area contributed by atoms with Gasteiger partial charge in [-0.1, -0.05) is 30.5 Å². The summed E-state index contributed by atoms with van der Waals surface area (Å²) in [5, 5.41) is 22.3. The predicted octanol–water partition coefficient (Wildman–Crippen LogP) is 2.36. The number of aliphatic hydroxyl groups is 1. The lowest BCUT2D eigenvalue weighted by atomic mass is 10.0. The minimum Gasteiger partial charge on any atom is -0.486 e. The second-order valence-corrected chi connectivity index (χ2v) is 8.92. The fraction of sp³-hybridized carbons (Fsp3) is 0.500. The molecule has 2 aliphatic heterocycles. The second kappa shape index (κ2) is 12.0. The number of carbonyl (C=O) groups excluding carboxylic acids is 1. The second-order valence-electron chi connectivity index (χ2n) is 8.92. The monoisotopic (exact) mass is 497 g/mol. The van der Waals surface area contributed by atoms with Crippen LogP contribution in [0.2, 0.25) is 0 Å². The quantitative estimate of drug-likeness (QED) is 0.411. The van der Waals surface area contributed by atoms with E-state index in [1.54, 1.807) is 6.07 Å². The van der Waals surface area contributed by atoms with E-state index in [0.29, 0.717) is 49.8 Å². The first-order valence-corrected chi connectivity index (χ1v) is 12.2. The summed E-state index contributed by atoms with van der Waals surface area (Å²) < 4.78 is 11.3. The van der Waals surface area contributed by atoms with Crippen LogP contribution >= 0.6 is 0 Å². The van der Waals surface area contributed by atoms with Gasteiger partial charge in [0.2, 0.25) is 5.91 Å². The molecule has 0 aliphatic carbocycles. The van der Waals surface area contributed by atoms with Gasteiger partial charge >= 0.3 is 0 Å². The maximum absolute atomic E-state index is 12.8. The van der Waals surface area contributed by atoms with Crippen LogP contribution in [0.3, 0.4) is 0 Å². The van der Waals surface area contributed by atoms with Crippen molar-refractivity contribution >= 4 is 16.9 Å². The first kappa shape index (κ1) is 25.7. The molecule has 1 aromatic heterocycles. The largest absolute Gasteiger partial charge is 0.486 e. The summed E-state index contributed by atoms with van der Waals surface area (Å²) in [6, 6.07) is 12.5. The summed E-state index contributed by atoms with van der Waals surface area (Å²) in [5.41, 5.74) is 2.23. The number of amides is 1. The van der Waals surface area contributed by atoms with Crippen molar-refractivity contribution in [3.8, 4) is 11.5 Å². The molecule has 1 saturated heterocycles. The molecule has 5 rings (SSSR count). The van der Waals surface area contributed by atoms with Crippen molar-refractivity contribution in [1.29, 1.82) is 0 Å². The van der Waals surface area contributed by atoms with Crippen molar-refractivity contribution in [2.45, 2.75) is 45.3 Å². The molecule has 10 nitrogen and oxygen atoms in total. The summed E-state index contributed by atoms with van der Waals surface area (Å²) in [7, 11) is 0. The first-order valence-electron chi connectivity index (χ1n) is 12.2. The van der Waals surface area contributed by atoms with E-state index in [0.717, 1.165) is 37.0 Å². The number of nitrogens with zero attached hydrogens (tertiary/aromatic N) is 4. The minimum atomic E-state index is -0.867. The van der Waals surface area contributed by atoms with Crippen molar-refractivity contribution in [3.05, 3.63) is 48.0 Å². The molecule has 0 spiro atoms. The van der Waals surface area contributed by atoms with E-state index in [4.69, 9.17) is 14.3 Å². The van der Waals surface area contributed by atoms with Crippen LogP contribution in [0.15, 0.2) is 42.5 Å². The van der Waals surface area contributed by atoms with Crippen LogP contribution < -0.4 is 19.6 Å². The molecule has 0 bridgehead atoms. The molecule has 2 aliphatic rings. The molecule has 194 valence electrons. The third kappa shape index (κ3) is 6.06. The summed E-state index contributed by atoms with van der Waals surface area (Å²) in [4.78, 5) is 22.1. The van der Waals surface area contributed by atoms with Crippen LogP contribution in [-0.4, -0.2) is 76.6 Å². The molecular formula is C26H35N5O5. The van der Waals surface area contributed by atoms with E-state index in [1.807, 2.05) is 36.4 Å². The molecule has 0 unspecified atom stereocenters. The Morgan fingerprint density at radius 2 is 1.89 bits per heavy atom. The summed E-state index contributed by atoms with van der Waals surface area (Å²) >= 11 is 0. The molecule has 1 fully saturated rings. The zero-order valence-electron chi connectivity index (χ0n) is 19.6. The average molecular weight is 498 g/mol. The van der Waals surface area contributed by atoms with Crippen LogP contribution in [0, 0.1) is 0 Å². The maximum Gasteiger partial charge on any atom is 0.220 e. The topological polar surface area (TPSA) is 111 Å². The Balaban J connectivity index is 0.00000304. The van der Waals surface area contributed by atoms with Gasteiger partial charge in [0.25, 0.3) is 0 Å². The van der Waals surface area contributed by atoms with Gasteiger partial charge < -0.3 is 29.6 Å². The molecule has 10 heteroatoms. The molecular weight excluding hydrogens is 462 g/mol. The highest BCUT2D eigenvalue weighted by Crippen LogP contribution is 2.33. The Morgan fingerprint density at radius 3 is 2.72 bits per heavy atom. The third-order valence-electron chi connectivity index (χ3n) is 6.37. The van der Waals surface area contributed by atoms with Gasteiger partial charge in [0.05, 0.1) is 6.04 Å². The van der Waals surface area contributed by atoms with E-state index in [-0.39, 0.29) is 19.8 Å². The van der Waals surface area contributed by atoms with Crippen LogP contribution in [0.25, 0.3) is 11.0 Å². The molecule has 3 heterocycles. The molecule has 2 N–H and O–H groups in total. The van der Waals surface area contributed by atoms with Gasteiger partial charge in [-0.3, -0.25) is 4.79 Å². The van der Waals surface area contributed by atoms with E-state index in [1.165, 1.54) is 4.85 Å². The van der Waals surface area contributed by atoms with E-state index in [2.05, 4.69) is 20.5 Å². The van der Waals surface area contributed by atoms with Gasteiger partial charge in [-0.2, -0.15) is 0 Å². The van der Waals surface area contributed by atoms with Crippen LogP contribution in [0.1, 0.15) is 44.8 Å². The molecule has 0 radical (unpaired) electrons. The molecule has 36 heavy (non-hydrogen) atoms. The normalized spacial score (nSPS) is 16.8. The van der Waals surface area contributed by atoms with E-state index >= 15 is 0 Å². The fourth-order valence-corrected chi connectivity index (χ4v) is 4.55. The van der Waals surface area contributed by atoms with Gasteiger partial charge in [0, 0.05) is 13.0 Å². The van der Waals surface area contributed by atoms with Crippen molar-refractivity contribution in [3.63, 3.8) is 0 Å². The van der Waals surface area contributed by atoms with Crippen molar-refractivity contribution < 1.29 is 24.2 Å². The summed E-state index contributed by atoms with van der Waals surface area (Å²) in [6.45, 7) is 3.84. The Kier molecular flexibility index (Phi) is 8.61. The number of aromatic nitrogens is 3. The third-order valence-corrected chi connectivity index (χ3v) is 6.37. The van der Waals surface area contributed by atoms with Crippen molar-refractivity contribution in [1.82, 2.24) is 25.4 Å². The summed E-state index contributed by atoms with van der Waals surface area (Å²) in [5.74, 6) is 1.17. The van der Waals surface area contributed by atoms with Crippen LogP contribution in [0.4, 0.5) is 0 Å². The highest BCUT2D eigenvalue weighted by molar-refractivity contribution is 5.76. The number of para-hydroxylation sites is 1. The molecule has 3 aromatic rings. The van der Waals surface area contributed by atoms with Gasteiger partial charge in [0.15, 0.2) is 11.5 Å². The smallest absolute Gasteiger partial charge is 0.220 e. The highest BCUT2D eigenvalue weighted by Gasteiger charge is 2.27. The lowest BCUT2D eigenvalue weighted by Gasteiger charge is -2.29. The fourth-order valence-electron chi connectivity index (χ4n) is 4.55. The van der Waals surface area contributed by atoms with E-state index < -0.39 is 12.1 Å². The number of carbonyl (C=O) groups is 1. The number of benzene rings is 2. The van der Waals surface area contributed by atoms with Gasteiger partial charge in [-0.05, 0) is 67.4 Å². The standard InChI is InChI=1S/C25H31N5O5.CH4/c31-24(8-5-13-35-30-21-7-2-1-6-19(21)27-28-30)26-20(17-29-11-3-4-12-29)25(32)18-9-10-22-23(16-18)34-15-14-33-22;/h1-2,6-7,9-10,16,20,25,32H,3-5,8,11-15,17H2,(H,26,31);1H4/t20-,25-;/m1./s1. The first-order chi connectivity index (χ1) is 17.2. The highest BCUT2D eigenvalue weighted by atomic mass is 16.7. The number of rotatable bonds is 10. The number of nitrogens with one attached hydrogen (secondary N) is 1. The van der Waals surface area contributed by atoms with Crippen molar-refractivity contribution in [2.75, 3.05) is 39.5 Å². The molecule has 0 saturated carbocycles. The lowest BCUT2D eigenvalue weighted by Crippen LogP contribution is -2.46. The minimum absolute atomic E-state index is 0. The Morgan fingerprint density at radius 1 is 1.11 bits per heavy atom. The Bertz CT molecular complexity index is 1150. The van der Waals surface area contributed by atoms with Crippen LogP contribution in [-0.2, 0) is 4.79 Å². The zero-order chi connectivity index (χ0) is 24.0. The number of fused-ring (bicyclic) bond motifs is 2. The van der Waals surface area contributed by atoms with Gasteiger partial charge in [0.1, 0.15) is 37.0 Å². The maximum atomic E-state index is 12.8. The Hall–Kier alpha value is -3.37. The van der Waals surface area contributed by atoms with Crippen LogP contribution in [0.5, 0.6) is 11.5 Å². The number of hydrogen-bond acceptors (Lipinski definition) is 8. The van der Waals surface area contributed by atoms with Crippen molar-refractivity contribution in [2.24, 2.45) is 0 Å². The average Bonchev–Trinajstić information content (AvgIpc) is 3.55. The Labute approximate surface area is 211 Å². The number of ether oxygens (including phenoxy) is 2. The van der Waals surface area contributed by atoms with E-state index in [9.17, 15) is 9.90 Å². The van der Waals surface area contributed by atoms with Gasteiger partial charge in [-0.25, -0.2) is 0 Å². The lowest BCUT2D eigenvalue weighted by molar-refractivity contribution is -0.123. The zero-order valence-corrected chi connectivity index (χ0v) is 19.6. The molecule has 2 atom stereocenters. The number of likely N-dealkylation sites (tertiary alicyclic amines) is 1. The number of aliphatic hydroxyl groups excluding tert-OH is 1. The summed E-state index contributed by atoms with van der Waals surface area (Å²) in [6.07, 6.45) is 2.19. The molecule has 2 aromatic carbocycles. The molecule has 1 amide bonds. The van der Waals surface area contributed by atoms with Gasteiger partial charge in [-0.15, -0.1) is 5.10 Å². The SMILES string of the molecule is C.O=C(CCCOn1nnc2ccccc21)N[C@H](CN1CCCC1)[C@H](O)c1ccc2c(c1)OCCO2. The number of hydrogen-bond donors (Lipinski definition) is 2.